The molecule has 0 saturated carbocycles. The van der Waals surface area contributed by atoms with Gasteiger partial charge in [-0.1, -0.05) is 0 Å². The van der Waals surface area contributed by atoms with Crippen LogP contribution in [0.5, 0.6) is 0 Å². The topological polar surface area (TPSA) is 48.1 Å². The predicted octanol–water partition coefficient (Wildman–Crippen LogP) is 1.89. The van der Waals surface area contributed by atoms with Gasteiger partial charge in [0.1, 0.15) is 0 Å². The SMILES string of the molecule is CC1CCC(C)N1C(C)C(=O)NCc1cc[nH]c1. The third-order valence-electron chi connectivity index (χ3n) is 3.98. The van der Waals surface area contributed by atoms with Crippen molar-refractivity contribution in [1.82, 2.24) is 15.2 Å². The maximum atomic E-state index is 12.2. The zero-order valence-electron chi connectivity index (χ0n) is 11.4. The number of nitrogens with zero attached hydrogens (tertiary/aromatic N) is 1. The summed E-state index contributed by atoms with van der Waals surface area (Å²) in [5, 5.41) is 3.00. The van der Waals surface area contributed by atoms with Crippen molar-refractivity contribution >= 4 is 5.91 Å². The molecule has 2 N–H and O–H groups in total. The van der Waals surface area contributed by atoms with E-state index in [0.29, 0.717) is 18.6 Å². The smallest absolute Gasteiger partial charge is 0.237 e. The van der Waals surface area contributed by atoms with Crippen LogP contribution in [0.4, 0.5) is 0 Å². The van der Waals surface area contributed by atoms with Crippen LogP contribution in [-0.4, -0.2) is 33.9 Å². The molecule has 18 heavy (non-hydrogen) atoms. The van der Waals surface area contributed by atoms with E-state index in [4.69, 9.17) is 0 Å². The summed E-state index contributed by atoms with van der Waals surface area (Å²) in [6, 6.07) is 2.95. The highest BCUT2D eigenvalue weighted by Crippen LogP contribution is 2.25. The summed E-state index contributed by atoms with van der Waals surface area (Å²) in [5.74, 6) is 0.122. The van der Waals surface area contributed by atoms with Crippen LogP contribution < -0.4 is 5.32 Å². The number of rotatable bonds is 4. The molecule has 0 bridgehead atoms. The quantitative estimate of drug-likeness (QED) is 0.856. The average molecular weight is 249 g/mol. The van der Waals surface area contributed by atoms with Gasteiger partial charge in [0.05, 0.1) is 6.04 Å². The molecule has 4 nitrogen and oxygen atoms in total. The number of aromatic nitrogens is 1. The second-order valence-electron chi connectivity index (χ2n) is 5.34. The van der Waals surface area contributed by atoms with Gasteiger partial charge in [-0.3, -0.25) is 9.69 Å². The summed E-state index contributed by atoms with van der Waals surface area (Å²) in [4.78, 5) is 17.5. The normalized spacial score (nSPS) is 26.2. The van der Waals surface area contributed by atoms with Crippen molar-refractivity contribution in [2.24, 2.45) is 0 Å². The fourth-order valence-corrected chi connectivity index (χ4v) is 2.92. The van der Waals surface area contributed by atoms with Gasteiger partial charge < -0.3 is 10.3 Å². The molecule has 0 spiro atoms. The minimum absolute atomic E-state index is 0.0450. The van der Waals surface area contributed by atoms with Crippen molar-refractivity contribution in [2.45, 2.75) is 58.3 Å². The van der Waals surface area contributed by atoms with Crippen LogP contribution >= 0.6 is 0 Å². The molecule has 100 valence electrons. The van der Waals surface area contributed by atoms with Gasteiger partial charge in [-0.25, -0.2) is 0 Å². The molecule has 0 aromatic carbocycles. The van der Waals surface area contributed by atoms with Crippen LogP contribution in [0.25, 0.3) is 0 Å². The summed E-state index contributed by atoms with van der Waals surface area (Å²) in [6.07, 6.45) is 6.16. The van der Waals surface area contributed by atoms with Gasteiger partial charge in [0.2, 0.25) is 5.91 Å². The van der Waals surface area contributed by atoms with E-state index in [9.17, 15) is 4.79 Å². The molecule has 1 aromatic rings. The molecule has 3 atom stereocenters. The summed E-state index contributed by atoms with van der Waals surface area (Å²) in [6.45, 7) is 7.02. The molecule has 4 heteroatoms. The monoisotopic (exact) mass is 249 g/mol. The van der Waals surface area contributed by atoms with Gasteiger partial charge in [-0.05, 0) is 45.2 Å². The second kappa shape index (κ2) is 5.57. The van der Waals surface area contributed by atoms with E-state index >= 15 is 0 Å². The van der Waals surface area contributed by atoms with E-state index in [1.165, 1.54) is 12.8 Å². The first-order chi connectivity index (χ1) is 8.59. The number of aromatic amines is 1. The van der Waals surface area contributed by atoms with Gasteiger partial charge >= 0.3 is 0 Å². The van der Waals surface area contributed by atoms with Gasteiger partial charge in [0, 0.05) is 31.0 Å². The lowest BCUT2D eigenvalue weighted by atomic mass is 10.2. The molecule has 1 saturated heterocycles. The molecule has 2 rings (SSSR count). The first-order valence-corrected chi connectivity index (χ1v) is 6.76. The second-order valence-corrected chi connectivity index (χ2v) is 5.34. The van der Waals surface area contributed by atoms with Crippen molar-refractivity contribution in [3.05, 3.63) is 24.0 Å². The molecular formula is C14H23N3O. The summed E-state index contributed by atoms with van der Waals surface area (Å²) in [5.41, 5.74) is 1.11. The van der Waals surface area contributed by atoms with E-state index in [1.54, 1.807) is 0 Å². The largest absolute Gasteiger partial charge is 0.367 e. The summed E-state index contributed by atoms with van der Waals surface area (Å²) in [7, 11) is 0. The van der Waals surface area contributed by atoms with Gasteiger partial charge in [0.15, 0.2) is 0 Å². The fraction of sp³-hybridized carbons (Fsp3) is 0.643. The Bertz CT molecular complexity index is 378. The highest BCUT2D eigenvalue weighted by molar-refractivity contribution is 5.81. The van der Waals surface area contributed by atoms with E-state index in [2.05, 4.69) is 29.0 Å². The van der Waals surface area contributed by atoms with Gasteiger partial charge in [-0.2, -0.15) is 0 Å². The Hall–Kier alpha value is -1.29. The molecular weight excluding hydrogens is 226 g/mol. The fourth-order valence-electron chi connectivity index (χ4n) is 2.92. The maximum absolute atomic E-state index is 12.2. The lowest BCUT2D eigenvalue weighted by Gasteiger charge is -2.31. The number of H-pyrrole nitrogens is 1. The standard InChI is InChI=1S/C14H23N3O/c1-10-4-5-11(2)17(10)12(3)14(18)16-9-13-6-7-15-8-13/h6-8,10-12,15H,4-5,9H2,1-3H3,(H,16,18). The minimum Gasteiger partial charge on any atom is -0.367 e. The first-order valence-electron chi connectivity index (χ1n) is 6.76. The Morgan fingerprint density at radius 3 is 2.72 bits per heavy atom. The molecule has 0 radical (unpaired) electrons. The van der Waals surface area contributed by atoms with Crippen molar-refractivity contribution in [3.63, 3.8) is 0 Å². The van der Waals surface area contributed by atoms with Crippen LogP contribution in [-0.2, 0) is 11.3 Å². The lowest BCUT2D eigenvalue weighted by Crippen LogP contribution is -2.48. The first kappa shape index (κ1) is 13.1. The molecule has 1 aliphatic heterocycles. The maximum Gasteiger partial charge on any atom is 0.237 e. The molecule has 2 heterocycles. The van der Waals surface area contributed by atoms with Crippen LogP contribution in [0.1, 0.15) is 39.2 Å². The third kappa shape index (κ3) is 2.75. The number of hydrogen-bond acceptors (Lipinski definition) is 2. The molecule has 1 aliphatic rings. The van der Waals surface area contributed by atoms with Crippen molar-refractivity contribution in [3.8, 4) is 0 Å². The van der Waals surface area contributed by atoms with E-state index in [0.717, 1.165) is 5.56 Å². The van der Waals surface area contributed by atoms with Crippen LogP contribution in [0.15, 0.2) is 18.5 Å². The van der Waals surface area contributed by atoms with E-state index < -0.39 is 0 Å². The summed E-state index contributed by atoms with van der Waals surface area (Å²) < 4.78 is 0. The highest BCUT2D eigenvalue weighted by Gasteiger charge is 2.34. The van der Waals surface area contributed by atoms with Crippen LogP contribution in [0, 0.1) is 0 Å². The Kier molecular flexibility index (Phi) is 4.07. The van der Waals surface area contributed by atoms with Crippen molar-refractivity contribution in [2.75, 3.05) is 0 Å². The zero-order chi connectivity index (χ0) is 13.1. The molecule has 3 unspecified atom stereocenters. The predicted molar refractivity (Wildman–Crippen MR) is 72.1 cm³/mol. The Labute approximate surface area is 109 Å². The van der Waals surface area contributed by atoms with Crippen LogP contribution in [0.2, 0.25) is 0 Å². The number of amides is 1. The average Bonchev–Trinajstić information content (AvgIpc) is 2.96. The number of carbonyl (C=O) groups is 1. The van der Waals surface area contributed by atoms with Crippen LogP contribution in [0.3, 0.4) is 0 Å². The molecule has 1 aromatic heterocycles. The highest BCUT2D eigenvalue weighted by atomic mass is 16.2. The minimum atomic E-state index is -0.0450. The van der Waals surface area contributed by atoms with Crippen molar-refractivity contribution in [1.29, 1.82) is 0 Å². The summed E-state index contributed by atoms with van der Waals surface area (Å²) >= 11 is 0. The third-order valence-corrected chi connectivity index (χ3v) is 3.98. The zero-order valence-corrected chi connectivity index (χ0v) is 11.4. The number of likely N-dealkylation sites (tertiary alicyclic amines) is 1. The Morgan fingerprint density at radius 1 is 1.50 bits per heavy atom. The number of hydrogen-bond donors (Lipinski definition) is 2. The van der Waals surface area contributed by atoms with E-state index in [-0.39, 0.29) is 11.9 Å². The molecule has 1 fully saturated rings. The Morgan fingerprint density at radius 2 is 2.17 bits per heavy atom. The Balaban J connectivity index is 1.88. The van der Waals surface area contributed by atoms with Gasteiger partial charge in [-0.15, -0.1) is 0 Å². The number of nitrogens with one attached hydrogen (secondary N) is 2. The van der Waals surface area contributed by atoms with E-state index in [1.807, 2.05) is 25.4 Å². The molecule has 1 amide bonds. The lowest BCUT2D eigenvalue weighted by molar-refractivity contribution is -0.127. The van der Waals surface area contributed by atoms with Crippen molar-refractivity contribution < 1.29 is 4.79 Å². The molecule has 0 aliphatic carbocycles. The number of carbonyl (C=O) groups excluding carboxylic acids is 1. The van der Waals surface area contributed by atoms with Gasteiger partial charge in [0.25, 0.3) is 0 Å².